The van der Waals surface area contributed by atoms with Crippen LogP contribution in [-0.2, 0) is 10.8 Å². The second kappa shape index (κ2) is 13.7. The average molecular weight is 754 g/mol. The highest BCUT2D eigenvalue weighted by atomic mass is 15.1. The molecule has 0 fully saturated rings. The number of nitrogens with zero attached hydrogens (tertiary/aromatic N) is 1. The molecule has 1 nitrogen and oxygen atoms in total. The molecule has 0 radical (unpaired) electrons. The summed E-state index contributed by atoms with van der Waals surface area (Å²) in [7, 11) is 0. The molecular weight excluding hydrogens is 711 g/mol. The summed E-state index contributed by atoms with van der Waals surface area (Å²) in [5, 5.41) is 0. The zero-order chi connectivity index (χ0) is 39.6. The molecular formula is C58H43N. The number of fused-ring (bicyclic) bond motifs is 6. The van der Waals surface area contributed by atoms with Gasteiger partial charge in [0.2, 0.25) is 0 Å². The molecule has 2 aliphatic carbocycles. The molecule has 0 heterocycles. The van der Waals surface area contributed by atoms with Gasteiger partial charge in [0.1, 0.15) is 0 Å². The third-order valence-corrected chi connectivity index (χ3v) is 13.0. The first-order valence-corrected chi connectivity index (χ1v) is 20.7. The summed E-state index contributed by atoms with van der Waals surface area (Å²) < 4.78 is 0. The lowest BCUT2D eigenvalue weighted by atomic mass is 9.67. The Hall–Kier alpha value is -7.22. The molecule has 11 rings (SSSR count). The number of hydrogen-bond donors (Lipinski definition) is 0. The molecule has 59 heavy (non-hydrogen) atoms. The third-order valence-electron chi connectivity index (χ3n) is 13.0. The van der Waals surface area contributed by atoms with Crippen LogP contribution in [0.1, 0.15) is 47.2 Å². The van der Waals surface area contributed by atoms with E-state index in [-0.39, 0.29) is 5.41 Å². The topological polar surface area (TPSA) is 3.24 Å². The largest absolute Gasteiger partial charge is 0.310 e. The lowest BCUT2D eigenvalue weighted by Gasteiger charge is -2.35. The van der Waals surface area contributed by atoms with Gasteiger partial charge in [-0.2, -0.15) is 0 Å². The summed E-state index contributed by atoms with van der Waals surface area (Å²) in [6.07, 6.45) is 0. The van der Waals surface area contributed by atoms with Gasteiger partial charge >= 0.3 is 0 Å². The molecule has 0 unspecified atom stereocenters. The molecule has 0 N–H and O–H groups in total. The zero-order valence-electron chi connectivity index (χ0n) is 33.3. The highest BCUT2D eigenvalue weighted by Gasteiger charge is 2.46. The van der Waals surface area contributed by atoms with Crippen LogP contribution in [0.2, 0.25) is 0 Å². The Bertz CT molecular complexity index is 2960. The lowest BCUT2D eigenvalue weighted by molar-refractivity contribution is 0.660. The fourth-order valence-electron chi connectivity index (χ4n) is 10.2. The molecule has 0 saturated heterocycles. The molecule has 0 spiro atoms. The highest BCUT2D eigenvalue weighted by molar-refractivity contribution is 5.95. The standard InChI is InChI=1S/C58H43N/c1-57(2)52-29-17-15-27-48(52)50-35-32-45(38-54(50)57)59(56-37-42(40-19-7-3-8-20-40)31-34-47(56)41-21-9-4-10-22-41)46-33-36-51-49-28-16-18-30-53(49)58(55(51)39-46,43-23-11-5-12-24-43)44-25-13-6-14-26-44/h3-39H,1-2H3. The first-order valence-electron chi connectivity index (χ1n) is 20.7. The number of hydrogen-bond acceptors (Lipinski definition) is 1. The Morgan fingerprint density at radius 3 is 1.36 bits per heavy atom. The van der Waals surface area contributed by atoms with E-state index in [1.807, 2.05) is 0 Å². The normalized spacial score (nSPS) is 13.9. The van der Waals surface area contributed by atoms with E-state index >= 15 is 0 Å². The minimum Gasteiger partial charge on any atom is -0.310 e. The Morgan fingerprint density at radius 2 is 0.746 bits per heavy atom. The predicted octanol–water partition coefficient (Wildman–Crippen LogP) is 15.2. The first kappa shape index (κ1) is 35.0. The molecule has 1 heteroatoms. The molecule has 280 valence electrons. The van der Waals surface area contributed by atoms with Crippen molar-refractivity contribution < 1.29 is 0 Å². The minimum atomic E-state index is -0.522. The number of anilines is 3. The van der Waals surface area contributed by atoms with Gasteiger partial charge in [-0.05, 0) is 103 Å². The maximum Gasteiger partial charge on any atom is 0.0714 e. The van der Waals surface area contributed by atoms with Gasteiger partial charge in [-0.1, -0.05) is 208 Å². The first-order chi connectivity index (χ1) is 29.0. The zero-order valence-corrected chi connectivity index (χ0v) is 33.3. The molecule has 0 atom stereocenters. The Balaban J connectivity index is 1.22. The van der Waals surface area contributed by atoms with E-state index in [2.05, 4.69) is 243 Å². The van der Waals surface area contributed by atoms with Crippen molar-refractivity contribution in [2.75, 3.05) is 4.90 Å². The second-order valence-electron chi connectivity index (χ2n) is 16.5. The van der Waals surface area contributed by atoms with Gasteiger partial charge in [0.15, 0.2) is 0 Å². The van der Waals surface area contributed by atoms with Gasteiger partial charge in [0.05, 0.1) is 11.1 Å². The molecule has 0 aliphatic heterocycles. The van der Waals surface area contributed by atoms with Crippen molar-refractivity contribution in [1.29, 1.82) is 0 Å². The van der Waals surface area contributed by atoms with Crippen molar-refractivity contribution in [3.05, 3.63) is 258 Å². The maximum absolute atomic E-state index is 2.53. The maximum atomic E-state index is 2.53. The quantitative estimate of drug-likeness (QED) is 0.157. The van der Waals surface area contributed by atoms with Gasteiger partial charge in [0, 0.05) is 22.4 Å². The molecule has 0 saturated carbocycles. The van der Waals surface area contributed by atoms with Crippen molar-refractivity contribution in [2.45, 2.75) is 24.7 Å². The van der Waals surface area contributed by atoms with Crippen molar-refractivity contribution in [3.63, 3.8) is 0 Å². The van der Waals surface area contributed by atoms with E-state index in [4.69, 9.17) is 0 Å². The second-order valence-corrected chi connectivity index (χ2v) is 16.5. The van der Waals surface area contributed by atoms with Crippen LogP contribution in [0.5, 0.6) is 0 Å². The van der Waals surface area contributed by atoms with Gasteiger partial charge < -0.3 is 4.90 Å². The number of benzene rings is 9. The monoisotopic (exact) mass is 753 g/mol. The van der Waals surface area contributed by atoms with Crippen LogP contribution in [-0.4, -0.2) is 0 Å². The summed E-state index contributed by atoms with van der Waals surface area (Å²) in [6.45, 7) is 4.75. The molecule has 0 bridgehead atoms. The third kappa shape index (κ3) is 5.39. The van der Waals surface area contributed by atoms with Crippen molar-refractivity contribution in [2.24, 2.45) is 0 Å². The Kier molecular flexibility index (Phi) is 8.13. The fraction of sp³-hybridized carbons (Fsp3) is 0.0690. The summed E-state index contributed by atoms with van der Waals surface area (Å²) in [5.41, 5.74) is 20.4. The molecule has 2 aliphatic rings. The van der Waals surface area contributed by atoms with Crippen LogP contribution < -0.4 is 4.90 Å². The van der Waals surface area contributed by atoms with Crippen LogP contribution in [0, 0.1) is 0 Å². The van der Waals surface area contributed by atoms with Crippen LogP contribution in [0.4, 0.5) is 17.1 Å². The van der Waals surface area contributed by atoms with E-state index in [1.54, 1.807) is 0 Å². The van der Waals surface area contributed by atoms with Gasteiger partial charge in [0.25, 0.3) is 0 Å². The van der Waals surface area contributed by atoms with Gasteiger partial charge in [-0.25, -0.2) is 0 Å². The molecule has 9 aromatic carbocycles. The van der Waals surface area contributed by atoms with Crippen molar-refractivity contribution >= 4 is 17.1 Å². The van der Waals surface area contributed by atoms with Gasteiger partial charge in [-0.3, -0.25) is 0 Å². The highest BCUT2D eigenvalue weighted by Crippen LogP contribution is 2.58. The van der Waals surface area contributed by atoms with Gasteiger partial charge in [-0.15, -0.1) is 0 Å². The summed E-state index contributed by atoms with van der Waals surface area (Å²) in [5.74, 6) is 0. The van der Waals surface area contributed by atoms with E-state index in [0.29, 0.717) is 0 Å². The van der Waals surface area contributed by atoms with E-state index in [0.717, 1.165) is 17.1 Å². The van der Waals surface area contributed by atoms with E-state index < -0.39 is 5.41 Å². The number of rotatable bonds is 7. The van der Waals surface area contributed by atoms with Crippen LogP contribution in [0.15, 0.2) is 224 Å². The van der Waals surface area contributed by atoms with Crippen molar-refractivity contribution in [3.8, 4) is 44.5 Å². The minimum absolute atomic E-state index is 0.156. The summed E-state index contributed by atoms with van der Waals surface area (Å²) in [6, 6.07) is 83.1. The van der Waals surface area contributed by atoms with Crippen LogP contribution in [0.3, 0.4) is 0 Å². The predicted molar refractivity (Wildman–Crippen MR) is 247 cm³/mol. The summed E-state index contributed by atoms with van der Waals surface area (Å²) in [4.78, 5) is 2.53. The molecule has 9 aromatic rings. The Labute approximate surface area is 347 Å². The van der Waals surface area contributed by atoms with Crippen LogP contribution in [0.25, 0.3) is 44.5 Å². The van der Waals surface area contributed by atoms with Crippen LogP contribution >= 0.6 is 0 Å². The fourth-order valence-corrected chi connectivity index (χ4v) is 10.2. The van der Waals surface area contributed by atoms with E-state index in [1.165, 1.54) is 77.9 Å². The smallest absolute Gasteiger partial charge is 0.0714 e. The molecule has 0 amide bonds. The Morgan fingerprint density at radius 1 is 0.305 bits per heavy atom. The van der Waals surface area contributed by atoms with Crippen molar-refractivity contribution in [1.82, 2.24) is 0 Å². The van der Waals surface area contributed by atoms with E-state index in [9.17, 15) is 0 Å². The molecule has 0 aromatic heterocycles. The SMILES string of the molecule is CC1(C)c2ccccc2-c2ccc(N(c3ccc4c(c3)C(c3ccccc3)(c3ccccc3)c3ccccc3-4)c3cc(-c4ccccc4)ccc3-c3ccccc3)cc21. The average Bonchev–Trinajstić information content (AvgIpc) is 3.73. The summed E-state index contributed by atoms with van der Waals surface area (Å²) >= 11 is 0. The lowest BCUT2D eigenvalue weighted by Crippen LogP contribution is -2.28.